The van der Waals surface area contributed by atoms with Gasteiger partial charge >= 0.3 is 0 Å². The summed E-state index contributed by atoms with van der Waals surface area (Å²) in [7, 11) is 0. The van der Waals surface area contributed by atoms with Gasteiger partial charge in [-0.2, -0.15) is 4.98 Å². The SMILES string of the molecule is CC(=O)Nc1cccc(Nc2ncnc(N3CCc4c(O)cccc4C3)n2)c1. The third-order valence-electron chi connectivity index (χ3n) is 4.52. The van der Waals surface area contributed by atoms with Crippen LogP contribution in [0.5, 0.6) is 5.75 Å². The Morgan fingerprint density at radius 2 is 1.96 bits per heavy atom. The molecule has 3 aromatic rings. The highest BCUT2D eigenvalue weighted by molar-refractivity contribution is 5.89. The zero-order valence-electron chi connectivity index (χ0n) is 15.4. The molecule has 2 heterocycles. The highest BCUT2D eigenvalue weighted by atomic mass is 16.3. The van der Waals surface area contributed by atoms with Gasteiger partial charge in [-0.05, 0) is 36.2 Å². The Hall–Kier alpha value is -3.68. The Bertz CT molecular complexity index is 1020. The number of aromatic hydroxyl groups is 1. The van der Waals surface area contributed by atoms with Crippen molar-refractivity contribution in [2.75, 3.05) is 22.1 Å². The van der Waals surface area contributed by atoms with E-state index in [0.29, 0.717) is 36.4 Å². The van der Waals surface area contributed by atoms with Gasteiger partial charge in [-0.25, -0.2) is 9.97 Å². The van der Waals surface area contributed by atoms with Crippen molar-refractivity contribution in [1.82, 2.24) is 15.0 Å². The van der Waals surface area contributed by atoms with E-state index in [1.807, 2.05) is 36.4 Å². The molecule has 0 bridgehead atoms. The van der Waals surface area contributed by atoms with Gasteiger partial charge in [-0.3, -0.25) is 4.79 Å². The molecule has 142 valence electrons. The number of fused-ring (bicyclic) bond motifs is 1. The Labute approximate surface area is 162 Å². The van der Waals surface area contributed by atoms with Crippen molar-refractivity contribution in [3.05, 3.63) is 59.9 Å². The number of rotatable bonds is 4. The van der Waals surface area contributed by atoms with Crippen LogP contribution in [0, 0.1) is 0 Å². The molecule has 1 aliphatic heterocycles. The lowest BCUT2D eigenvalue weighted by Gasteiger charge is -2.29. The van der Waals surface area contributed by atoms with Crippen LogP contribution in [-0.2, 0) is 17.8 Å². The van der Waals surface area contributed by atoms with Gasteiger partial charge in [0.15, 0.2) is 0 Å². The van der Waals surface area contributed by atoms with Crippen molar-refractivity contribution < 1.29 is 9.90 Å². The molecule has 1 amide bonds. The number of hydrogen-bond acceptors (Lipinski definition) is 7. The topological polar surface area (TPSA) is 103 Å². The molecule has 2 aromatic carbocycles. The van der Waals surface area contributed by atoms with Gasteiger partial charge in [0.25, 0.3) is 0 Å². The molecular weight excluding hydrogens is 356 g/mol. The molecule has 0 unspecified atom stereocenters. The van der Waals surface area contributed by atoms with Crippen molar-refractivity contribution in [2.45, 2.75) is 19.9 Å². The van der Waals surface area contributed by atoms with E-state index in [4.69, 9.17) is 0 Å². The summed E-state index contributed by atoms with van der Waals surface area (Å²) >= 11 is 0. The molecule has 0 saturated carbocycles. The number of nitrogens with zero attached hydrogens (tertiary/aromatic N) is 4. The highest BCUT2D eigenvalue weighted by Gasteiger charge is 2.21. The van der Waals surface area contributed by atoms with Crippen molar-refractivity contribution >= 4 is 29.2 Å². The molecule has 1 aromatic heterocycles. The fourth-order valence-corrected chi connectivity index (χ4v) is 3.27. The van der Waals surface area contributed by atoms with Crippen LogP contribution in [0.15, 0.2) is 48.8 Å². The van der Waals surface area contributed by atoms with Crippen molar-refractivity contribution in [3.63, 3.8) is 0 Å². The summed E-state index contributed by atoms with van der Waals surface area (Å²) in [5, 5.41) is 15.9. The predicted octanol–water partition coefficient (Wildman–Crippen LogP) is 2.84. The van der Waals surface area contributed by atoms with E-state index >= 15 is 0 Å². The van der Waals surface area contributed by atoms with Crippen LogP contribution in [-0.4, -0.2) is 32.5 Å². The van der Waals surface area contributed by atoms with Crippen molar-refractivity contribution in [1.29, 1.82) is 0 Å². The predicted molar refractivity (Wildman–Crippen MR) is 107 cm³/mol. The summed E-state index contributed by atoms with van der Waals surface area (Å²) in [5.74, 6) is 1.21. The minimum atomic E-state index is -0.129. The standard InChI is InChI=1S/C20H20N6O2/c1-13(27)23-15-5-3-6-16(10-15)24-19-21-12-22-20(25-19)26-9-8-17-14(11-26)4-2-7-18(17)28/h2-7,10,12,28H,8-9,11H2,1H3,(H,23,27)(H,21,22,24,25). The zero-order valence-corrected chi connectivity index (χ0v) is 15.4. The minimum Gasteiger partial charge on any atom is -0.508 e. The van der Waals surface area contributed by atoms with Gasteiger partial charge in [0.1, 0.15) is 12.1 Å². The largest absolute Gasteiger partial charge is 0.508 e. The Kier molecular flexibility index (Phi) is 4.76. The number of aromatic nitrogens is 3. The maximum Gasteiger partial charge on any atom is 0.232 e. The monoisotopic (exact) mass is 376 g/mol. The second kappa shape index (κ2) is 7.51. The molecule has 28 heavy (non-hydrogen) atoms. The summed E-state index contributed by atoms with van der Waals surface area (Å²) in [6.45, 7) is 2.81. The van der Waals surface area contributed by atoms with Gasteiger partial charge in [-0.1, -0.05) is 18.2 Å². The van der Waals surface area contributed by atoms with Crippen LogP contribution in [0.25, 0.3) is 0 Å². The van der Waals surface area contributed by atoms with E-state index in [0.717, 1.165) is 23.2 Å². The second-order valence-corrected chi connectivity index (χ2v) is 6.58. The maximum atomic E-state index is 11.2. The maximum absolute atomic E-state index is 11.2. The van der Waals surface area contributed by atoms with Crippen LogP contribution in [0.1, 0.15) is 18.1 Å². The number of anilines is 4. The van der Waals surface area contributed by atoms with Gasteiger partial charge < -0.3 is 20.6 Å². The number of benzene rings is 2. The fourth-order valence-electron chi connectivity index (χ4n) is 3.27. The molecule has 3 N–H and O–H groups in total. The molecule has 0 radical (unpaired) electrons. The normalized spacial score (nSPS) is 13.0. The van der Waals surface area contributed by atoms with Gasteiger partial charge in [0, 0.05) is 37.0 Å². The molecule has 4 rings (SSSR count). The van der Waals surface area contributed by atoms with Crippen molar-refractivity contribution in [3.8, 4) is 5.75 Å². The number of hydrogen-bond donors (Lipinski definition) is 3. The number of phenolic OH excluding ortho intramolecular Hbond substituents is 1. The molecule has 0 atom stereocenters. The fraction of sp³-hybridized carbons (Fsp3) is 0.200. The van der Waals surface area contributed by atoms with Crippen molar-refractivity contribution in [2.24, 2.45) is 0 Å². The van der Waals surface area contributed by atoms with E-state index in [2.05, 4.69) is 30.5 Å². The molecule has 1 aliphatic rings. The average Bonchev–Trinajstić information content (AvgIpc) is 2.68. The first-order valence-corrected chi connectivity index (χ1v) is 8.97. The number of amides is 1. The summed E-state index contributed by atoms with van der Waals surface area (Å²) in [6, 6.07) is 12.9. The second-order valence-electron chi connectivity index (χ2n) is 6.58. The third-order valence-corrected chi connectivity index (χ3v) is 4.52. The van der Waals surface area contributed by atoms with Crippen LogP contribution in [0.2, 0.25) is 0 Å². The first-order valence-electron chi connectivity index (χ1n) is 8.97. The number of carbonyl (C=O) groups is 1. The van der Waals surface area contributed by atoms with E-state index in [1.54, 1.807) is 6.07 Å². The summed E-state index contributed by atoms with van der Waals surface area (Å²) in [4.78, 5) is 26.3. The van der Waals surface area contributed by atoms with Crippen LogP contribution in [0.3, 0.4) is 0 Å². The third kappa shape index (κ3) is 3.85. The number of carbonyl (C=O) groups excluding carboxylic acids is 1. The molecular formula is C20H20N6O2. The number of phenols is 1. The first kappa shape index (κ1) is 17.7. The van der Waals surface area contributed by atoms with Gasteiger partial charge in [-0.15, -0.1) is 0 Å². The lowest BCUT2D eigenvalue weighted by molar-refractivity contribution is -0.114. The summed E-state index contributed by atoms with van der Waals surface area (Å²) in [5.41, 5.74) is 3.52. The first-order chi connectivity index (χ1) is 13.6. The molecule has 8 heteroatoms. The Morgan fingerprint density at radius 3 is 2.82 bits per heavy atom. The van der Waals surface area contributed by atoms with Crippen LogP contribution < -0.4 is 15.5 Å². The number of nitrogens with one attached hydrogen (secondary N) is 2. The Balaban J connectivity index is 1.52. The lowest BCUT2D eigenvalue weighted by Crippen LogP contribution is -2.32. The van der Waals surface area contributed by atoms with E-state index < -0.39 is 0 Å². The minimum absolute atomic E-state index is 0.129. The zero-order chi connectivity index (χ0) is 19.5. The summed E-state index contributed by atoms with van der Waals surface area (Å²) in [6.07, 6.45) is 2.20. The lowest BCUT2D eigenvalue weighted by atomic mass is 9.99. The van der Waals surface area contributed by atoms with Crippen LogP contribution >= 0.6 is 0 Å². The Morgan fingerprint density at radius 1 is 1.14 bits per heavy atom. The van der Waals surface area contributed by atoms with E-state index in [9.17, 15) is 9.90 Å². The smallest absolute Gasteiger partial charge is 0.232 e. The van der Waals surface area contributed by atoms with Gasteiger partial charge in [0.2, 0.25) is 17.8 Å². The highest BCUT2D eigenvalue weighted by Crippen LogP contribution is 2.28. The molecule has 8 nitrogen and oxygen atoms in total. The quantitative estimate of drug-likeness (QED) is 0.643. The molecule has 0 aliphatic carbocycles. The van der Waals surface area contributed by atoms with E-state index in [-0.39, 0.29) is 5.91 Å². The van der Waals surface area contributed by atoms with E-state index in [1.165, 1.54) is 13.3 Å². The molecule has 0 fully saturated rings. The molecule has 0 spiro atoms. The summed E-state index contributed by atoms with van der Waals surface area (Å²) < 4.78 is 0. The molecule has 0 saturated heterocycles. The van der Waals surface area contributed by atoms with Crippen LogP contribution in [0.4, 0.5) is 23.3 Å². The van der Waals surface area contributed by atoms with Gasteiger partial charge in [0.05, 0.1) is 0 Å². The average molecular weight is 376 g/mol.